The summed E-state index contributed by atoms with van der Waals surface area (Å²) in [5.74, 6) is 0.642. The summed E-state index contributed by atoms with van der Waals surface area (Å²) >= 11 is 5.38. The number of halogens is 1. The monoisotopic (exact) mass is 264 g/mol. The van der Waals surface area contributed by atoms with Gasteiger partial charge in [-0.25, -0.2) is 0 Å². The first kappa shape index (κ1) is 14.7. The van der Waals surface area contributed by atoms with E-state index >= 15 is 0 Å². The second-order valence-corrected chi connectivity index (χ2v) is 4.38. The van der Waals surface area contributed by atoms with Crippen LogP contribution in [0.1, 0.15) is 46.9 Å². The molecule has 0 aromatic heterocycles. The van der Waals surface area contributed by atoms with Crippen molar-refractivity contribution >= 4 is 23.2 Å². The molecule has 1 aromatic carbocycles. The van der Waals surface area contributed by atoms with Crippen LogP contribution in [0.25, 0.3) is 0 Å². The number of carbonyl (C=O) groups excluding carboxylic acids is 2. The second kappa shape index (κ2) is 7.83. The lowest BCUT2D eigenvalue weighted by Gasteiger charge is -2.06. The molecular formula is C15H17ClO2. The quantitative estimate of drug-likeness (QED) is 0.610. The Hall–Kier alpha value is -1.41. The number of benzene rings is 1. The van der Waals surface area contributed by atoms with E-state index < -0.39 is 0 Å². The predicted octanol–water partition coefficient (Wildman–Crippen LogP) is 4.04. The first-order valence-electron chi connectivity index (χ1n) is 6.12. The second-order valence-electron chi connectivity index (χ2n) is 4.00. The summed E-state index contributed by atoms with van der Waals surface area (Å²) in [5.41, 5.74) is 1.01. The molecule has 0 N–H and O–H groups in total. The van der Waals surface area contributed by atoms with Crippen molar-refractivity contribution in [1.29, 1.82) is 0 Å². The van der Waals surface area contributed by atoms with Gasteiger partial charge >= 0.3 is 0 Å². The molecule has 96 valence electrons. The fourth-order valence-corrected chi connectivity index (χ4v) is 1.78. The molecule has 18 heavy (non-hydrogen) atoms. The molecule has 2 nitrogen and oxygen atoms in total. The van der Waals surface area contributed by atoms with Crippen LogP contribution < -0.4 is 0 Å². The molecule has 0 unspecified atom stereocenters. The molecule has 1 aliphatic rings. The van der Waals surface area contributed by atoms with E-state index in [9.17, 15) is 9.59 Å². The van der Waals surface area contributed by atoms with Crippen LogP contribution in [0.15, 0.2) is 36.4 Å². The Kier molecular flexibility index (Phi) is 6.37. The SMILES string of the molecule is CCCCCCl.O=C1C=CC(=O)c2ccccc21. The highest BCUT2D eigenvalue weighted by atomic mass is 35.5. The van der Waals surface area contributed by atoms with Crippen molar-refractivity contribution in [1.82, 2.24) is 0 Å². The Labute approximate surface area is 113 Å². The number of ketones is 2. The molecule has 0 spiro atoms. The zero-order valence-corrected chi connectivity index (χ0v) is 11.2. The first-order chi connectivity index (χ1) is 8.70. The molecular weight excluding hydrogens is 248 g/mol. The molecule has 0 saturated heterocycles. The lowest BCUT2D eigenvalue weighted by atomic mass is 9.95. The average molecular weight is 265 g/mol. The minimum Gasteiger partial charge on any atom is -0.289 e. The minimum atomic E-state index is -0.0924. The van der Waals surface area contributed by atoms with Gasteiger partial charge in [0.2, 0.25) is 0 Å². The number of unbranched alkanes of at least 4 members (excludes halogenated alkanes) is 2. The highest BCUT2D eigenvalue weighted by Crippen LogP contribution is 2.15. The average Bonchev–Trinajstić information content (AvgIpc) is 2.42. The number of carbonyl (C=O) groups is 2. The molecule has 0 fully saturated rings. The normalized spacial score (nSPS) is 12.8. The minimum absolute atomic E-state index is 0.0924. The molecule has 1 aliphatic carbocycles. The highest BCUT2D eigenvalue weighted by molar-refractivity contribution is 6.21. The fourth-order valence-electron chi connectivity index (χ4n) is 1.59. The van der Waals surface area contributed by atoms with E-state index in [1.165, 1.54) is 31.4 Å². The summed E-state index contributed by atoms with van der Waals surface area (Å²) in [6, 6.07) is 6.84. The van der Waals surface area contributed by atoms with Crippen LogP contribution in [0.2, 0.25) is 0 Å². The van der Waals surface area contributed by atoms with Gasteiger partial charge < -0.3 is 0 Å². The van der Waals surface area contributed by atoms with Crippen molar-refractivity contribution in [2.24, 2.45) is 0 Å². The maximum atomic E-state index is 11.2. The largest absolute Gasteiger partial charge is 0.289 e. The van der Waals surface area contributed by atoms with Gasteiger partial charge in [-0.15, -0.1) is 11.6 Å². The van der Waals surface area contributed by atoms with Crippen LogP contribution in [-0.2, 0) is 0 Å². The molecule has 0 aliphatic heterocycles. The van der Waals surface area contributed by atoms with E-state index in [2.05, 4.69) is 6.92 Å². The molecule has 0 atom stereocenters. The first-order valence-corrected chi connectivity index (χ1v) is 6.66. The van der Waals surface area contributed by atoms with Gasteiger partial charge in [0.25, 0.3) is 0 Å². The van der Waals surface area contributed by atoms with Crippen molar-refractivity contribution in [2.75, 3.05) is 5.88 Å². The number of hydrogen-bond donors (Lipinski definition) is 0. The third-order valence-corrected chi connectivity index (χ3v) is 2.85. The lowest BCUT2D eigenvalue weighted by Crippen LogP contribution is -2.10. The van der Waals surface area contributed by atoms with Crippen molar-refractivity contribution < 1.29 is 9.59 Å². The van der Waals surface area contributed by atoms with E-state index in [4.69, 9.17) is 11.6 Å². The number of rotatable bonds is 3. The van der Waals surface area contributed by atoms with Crippen molar-refractivity contribution in [3.8, 4) is 0 Å². The van der Waals surface area contributed by atoms with Crippen LogP contribution in [0.4, 0.5) is 0 Å². The molecule has 0 amide bonds. The third kappa shape index (κ3) is 4.11. The summed E-state index contributed by atoms with van der Waals surface area (Å²) in [6.07, 6.45) is 6.35. The Morgan fingerprint density at radius 1 is 0.944 bits per heavy atom. The zero-order chi connectivity index (χ0) is 13.4. The van der Waals surface area contributed by atoms with Crippen LogP contribution in [0.3, 0.4) is 0 Å². The predicted molar refractivity (Wildman–Crippen MR) is 74.5 cm³/mol. The molecule has 2 rings (SSSR count). The van der Waals surface area contributed by atoms with Gasteiger partial charge in [0, 0.05) is 17.0 Å². The fraction of sp³-hybridized carbons (Fsp3) is 0.333. The Morgan fingerprint density at radius 2 is 1.44 bits per heavy atom. The van der Waals surface area contributed by atoms with Crippen LogP contribution in [-0.4, -0.2) is 17.4 Å². The summed E-state index contributed by atoms with van der Waals surface area (Å²) in [4.78, 5) is 22.4. The van der Waals surface area contributed by atoms with Gasteiger partial charge in [-0.3, -0.25) is 9.59 Å². The van der Waals surface area contributed by atoms with Gasteiger partial charge in [-0.05, 0) is 18.6 Å². The van der Waals surface area contributed by atoms with Crippen molar-refractivity contribution in [2.45, 2.75) is 26.2 Å². The zero-order valence-electron chi connectivity index (χ0n) is 10.5. The third-order valence-electron chi connectivity index (χ3n) is 2.58. The van der Waals surface area contributed by atoms with Crippen LogP contribution >= 0.6 is 11.6 Å². The summed E-state index contributed by atoms with van der Waals surface area (Å²) in [7, 11) is 0. The molecule has 3 heteroatoms. The Balaban J connectivity index is 0.000000232. The summed E-state index contributed by atoms with van der Waals surface area (Å²) in [6.45, 7) is 2.17. The van der Waals surface area contributed by atoms with E-state index in [1.807, 2.05) is 0 Å². The van der Waals surface area contributed by atoms with Gasteiger partial charge in [0.15, 0.2) is 11.6 Å². The van der Waals surface area contributed by atoms with Gasteiger partial charge in [-0.1, -0.05) is 44.0 Å². The summed E-state index contributed by atoms with van der Waals surface area (Å²) in [5, 5.41) is 0. The standard InChI is InChI=1S/C10H6O2.C5H11Cl/c11-9-5-6-10(12)8-4-2-1-3-7(8)9;1-2-3-4-5-6/h1-6H;2-5H2,1H3. The van der Waals surface area contributed by atoms with E-state index in [0.29, 0.717) is 11.1 Å². The number of fused-ring (bicyclic) bond motifs is 1. The molecule has 0 radical (unpaired) electrons. The summed E-state index contributed by atoms with van der Waals surface area (Å²) < 4.78 is 0. The molecule has 0 saturated carbocycles. The van der Waals surface area contributed by atoms with E-state index in [1.54, 1.807) is 24.3 Å². The van der Waals surface area contributed by atoms with Gasteiger partial charge in [0.1, 0.15) is 0 Å². The molecule has 0 heterocycles. The van der Waals surface area contributed by atoms with Crippen LogP contribution in [0.5, 0.6) is 0 Å². The van der Waals surface area contributed by atoms with Crippen LogP contribution in [0, 0.1) is 0 Å². The van der Waals surface area contributed by atoms with Crippen molar-refractivity contribution in [3.05, 3.63) is 47.5 Å². The molecule has 1 aromatic rings. The van der Waals surface area contributed by atoms with Gasteiger partial charge in [0.05, 0.1) is 0 Å². The Bertz CT molecular complexity index is 409. The number of alkyl halides is 1. The maximum absolute atomic E-state index is 11.2. The van der Waals surface area contributed by atoms with Crippen molar-refractivity contribution in [3.63, 3.8) is 0 Å². The highest BCUT2D eigenvalue weighted by Gasteiger charge is 2.16. The van der Waals surface area contributed by atoms with E-state index in [-0.39, 0.29) is 11.6 Å². The van der Waals surface area contributed by atoms with Gasteiger partial charge in [-0.2, -0.15) is 0 Å². The topological polar surface area (TPSA) is 34.1 Å². The maximum Gasteiger partial charge on any atom is 0.186 e. The van der Waals surface area contributed by atoms with E-state index in [0.717, 1.165) is 5.88 Å². The smallest absolute Gasteiger partial charge is 0.186 e. The number of allylic oxidation sites excluding steroid dienone is 2. The number of hydrogen-bond acceptors (Lipinski definition) is 2. The molecule has 0 bridgehead atoms. The Morgan fingerprint density at radius 3 is 1.78 bits per heavy atom. The lowest BCUT2D eigenvalue weighted by molar-refractivity contribution is 0.0994.